The molecule has 1 fully saturated rings. The molecule has 2 heterocycles. The third-order valence-corrected chi connectivity index (χ3v) is 6.03. The minimum atomic E-state index is -0.442. The van der Waals surface area contributed by atoms with Crippen LogP contribution in [-0.2, 0) is 4.79 Å². The Kier molecular flexibility index (Phi) is 6.44. The van der Waals surface area contributed by atoms with E-state index in [2.05, 4.69) is 15.2 Å². The second kappa shape index (κ2) is 9.40. The molecule has 0 bridgehead atoms. The van der Waals surface area contributed by atoms with Crippen LogP contribution in [0.2, 0.25) is 0 Å². The SMILES string of the molecule is O=C(CSc1nc2ccccc2c(=O)n1-c1cccc(F)c1)NCCN1CCCC1. The van der Waals surface area contributed by atoms with Crippen LogP contribution in [0.4, 0.5) is 4.39 Å². The molecule has 1 saturated heterocycles. The van der Waals surface area contributed by atoms with E-state index < -0.39 is 5.82 Å². The molecular formula is C22H23FN4O2S. The number of likely N-dealkylation sites (tertiary alicyclic amines) is 1. The summed E-state index contributed by atoms with van der Waals surface area (Å²) in [5.41, 5.74) is 0.644. The summed E-state index contributed by atoms with van der Waals surface area (Å²) < 4.78 is 15.2. The zero-order chi connectivity index (χ0) is 20.9. The summed E-state index contributed by atoms with van der Waals surface area (Å²) in [5.74, 6) is -0.435. The highest BCUT2D eigenvalue weighted by atomic mass is 32.2. The van der Waals surface area contributed by atoms with Gasteiger partial charge in [0.1, 0.15) is 5.82 Å². The third-order valence-electron chi connectivity index (χ3n) is 5.09. The van der Waals surface area contributed by atoms with Gasteiger partial charge in [-0.15, -0.1) is 0 Å². The van der Waals surface area contributed by atoms with E-state index in [1.807, 2.05) is 0 Å². The molecule has 6 nitrogen and oxygen atoms in total. The van der Waals surface area contributed by atoms with E-state index in [-0.39, 0.29) is 17.2 Å². The van der Waals surface area contributed by atoms with Crippen LogP contribution in [0.3, 0.4) is 0 Å². The fourth-order valence-corrected chi connectivity index (χ4v) is 4.44. The van der Waals surface area contributed by atoms with E-state index in [0.29, 0.717) is 28.3 Å². The van der Waals surface area contributed by atoms with E-state index in [0.717, 1.165) is 19.6 Å². The molecule has 30 heavy (non-hydrogen) atoms. The molecule has 0 radical (unpaired) electrons. The van der Waals surface area contributed by atoms with Gasteiger partial charge < -0.3 is 10.2 Å². The molecule has 4 rings (SSSR count). The molecule has 1 amide bonds. The van der Waals surface area contributed by atoms with Gasteiger partial charge in [0, 0.05) is 13.1 Å². The first-order valence-electron chi connectivity index (χ1n) is 10.0. The Hall–Kier alpha value is -2.71. The first-order chi connectivity index (χ1) is 14.6. The summed E-state index contributed by atoms with van der Waals surface area (Å²) in [4.78, 5) is 32.3. The van der Waals surface area contributed by atoms with Crippen molar-refractivity contribution in [3.8, 4) is 5.69 Å². The number of fused-ring (bicyclic) bond motifs is 1. The topological polar surface area (TPSA) is 67.2 Å². The molecule has 1 aliphatic heterocycles. The number of nitrogens with zero attached hydrogens (tertiary/aromatic N) is 3. The molecule has 1 aromatic heterocycles. The lowest BCUT2D eigenvalue weighted by molar-refractivity contribution is -0.118. The van der Waals surface area contributed by atoms with Crippen molar-refractivity contribution in [2.24, 2.45) is 0 Å². The predicted molar refractivity (Wildman–Crippen MR) is 117 cm³/mol. The van der Waals surface area contributed by atoms with Crippen molar-refractivity contribution in [1.29, 1.82) is 0 Å². The van der Waals surface area contributed by atoms with E-state index >= 15 is 0 Å². The maximum atomic E-state index is 13.8. The highest BCUT2D eigenvalue weighted by Gasteiger charge is 2.16. The molecule has 0 atom stereocenters. The molecule has 1 aliphatic rings. The van der Waals surface area contributed by atoms with Gasteiger partial charge in [0.05, 0.1) is 22.3 Å². The number of para-hydroxylation sites is 1. The number of aromatic nitrogens is 2. The van der Waals surface area contributed by atoms with Gasteiger partial charge in [-0.25, -0.2) is 9.37 Å². The quantitative estimate of drug-likeness (QED) is 0.465. The number of nitrogens with one attached hydrogen (secondary N) is 1. The van der Waals surface area contributed by atoms with E-state index in [4.69, 9.17) is 0 Å². The number of thioether (sulfide) groups is 1. The van der Waals surface area contributed by atoms with Crippen LogP contribution in [0.1, 0.15) is 12.8 Å². The summed E-state index contributed by atoms with van der Waals surface area (Å²) in [6, 6.07) is 12.8. The lowest BCUT2D eigenvalue weighted by Gasteiger charge is -2.15. The lowest BCUT2D eigenvalue weighted by atomic mass is 10.2. The lowest BCUT2D eigenvalue weighted by Crippen LogP contribution is -2.34. The molecule has 1 N–H and O–H groups in total. The van der Waals surface area contributed by atoms with Crippen LogP contribution < -0.4 is 10.9 Å². The highest BCUT2D eigenvalue weighted by Crippen LogP contribution is 2.21. The van der Waals surface area contributed by atoms with Crippen LogP contribution in [0.25, 0.3) is 16.6 Å². The van der Waals surface area contributed by atoms with Gasteiger partial charge >= 0.3 is 0 Å². The van der Waals surface area contributed by atoms with Crippen molar-refractivity contribution in [2.75, 3.05) is 31.9 Å². The van der Waals surface area contributed by atoms with Crippen LogP contribution in [-0.4, -0.2) is 52.3 Å². The smallest absolute Gasteiger partial charge is 0.266 e. The Balaban J connectivity index is 1.54. The van der Waals surface area contributed by atoms with Crippen molar-refractivity contribution in [3.63, 3.8) is 0 Å². The van der Waals surface area contributed by atoms with Gasteiger partial charge in [-0.3, -0.25) is 14.2 Å². The van der Waals surface area contributed by atoms with Crippen molar-refractivity contribution in [3.05, 3.63) is 64.7 Å². The van der Waals surface area contributed by atoms with Crippen LogP contribution >= 0.6 is 11.8 Å². The fraction of sp³-hybridized carbons (Fsp3) is 0.318. The summed E-state index contributed by atoms with van der Waals surface area (Å²) in [7, 11) is 0. The van der Waals surface area contributed by atoms with E-state index in [1.165, 1.54) is 41.3 Å². The molecule has 0 saturated carbocycles. The van der Waals surface area contributed by atoms with Gasteiger partial charge in [0.2, 0.25) is 5.91 Å². The monoisotopic (exact) mass is 426 g/mol. The summed E-state index contributed by atoms with van der Waals surface area (Å²) in [6.07, 6.45) is 2.43. The molecular weight excluding hydrogens is 403 g/mol. The zero-order valence-corrected chi connectivity index (χ0v) is 17.3. The Bertz CT molecular complexity index is 1110. The van der Waals surface area contributed by atoms with Gasteiger partial charge in [-0.1, -0.05) is 30.0 Å². The summed E-state index contributed by atoms with van der Waals surface area (Å²) >= 11 is 1.17. The predicted octanol–water partition coefficient (Wildman–Crippen LogP) is 2.83. The second-order valence-electron chi connectivity index (χ2n) is 7.22. The number of benzene rings is 2. The molecule has 3 aromatic rings. The van der Waals surface area contributed by atoms with Gasteiger partial charge in [0.15, 0.2) is 5.16 Å². The van der Waals surface area contributed by atoms with Crippen molar-refractivity contribution >= 4 is 28.6 Å². The molecule has 0 spiro atoms. The zero-order valence-electron chi connectivity index (χ0n) is 16.5. The summed E-state index contributed by atoms with van der Waals surface area (Å²) in [5, 5.41) is 3.73. The van der Waals surface area contributed by atoms with Crippen LogP contribution in [0.5, 0.6) is 0 Å². The molecule has 8 heteroatoms. The minimum Gasteiger partial charge on any atom is -0.354 e. The number of hydrogen-bond acceptors (Lipinski definition) is 5. The second-order valence-corrected chi connectivity index (χ2v) is 8.16. The van der Waals surface area contributed by atoms with Gasteiger partial charge in [-0.2, -0.15) is 0 Å². The number of rotatable bonds is 7. The molecule has 0 unspecified atom stereocenters. The fourth-order valence-electron chi connectivity index (χ4n) is 3.59. The number of amides is 1. The summed E-state index contributed by atoms with van der Waals surface area (Å²) in [6.45, 7) is 3.62. The van der Waals surface area contributed by atoms with Gasteiger partial charge in [-0.05, 0) is 56.3 Å². The van der Waals surface area contributed by atoms with Crippen molar-refractivity contribution < 1.29 is 9.18 Å². The van der Waals surface area contributed by atoms with Crippen LogP contribution in [0.15, 0.2) is 58.5 Å². The number of carbonyl (C=O) groups is 1. The maximum absolute atomic E-state index is 13.8. The Morgan fingerprint density at radius 3 is 2.73 bits per heavy atom. The first-order valence-corrected chi connectivity index (χ1v) is 11.0. The maximum Gasteiger partial charge on any atom is 0.266 e. The Morgan fingerprint density at radius 2 is 1.93 bits per heavy atom. The normalized spacial score (nSPS) is 14.3. The highest BCUT2D eigenvalue weighted by molar-refractivity contribution is 7.99. The minimum absolute atomic E-state index is 0.118. The molecule has 2 aromatic carbocycles. The standard InChI is InChI=1S/C22H23FN4O2S/c23-16-6-5-7-17(14-16)27-21(29)18-8-1-2-9-19(18)25-22(27)30-15-20(28)24-10-13-26-11-3-4-12-26/h1-2,5-9,14H,3-4,10-13,15H2,(H,24,28). The number of carbonyl (C=O) groups excluding carboxylic acids is 1. The van der Waals surface area contributed by atoms with Crippen LogP contribution in [0, 0.1) is 5.82 Å². The number of halogens is 1. The molecule has 156 valence electrons. The third kappa shape index (κ3) is 4.71. The molecule has 0 aliphatic carbocycles. The van der Waals surface area contributed by atoms with E-state index in [9.17, 15) is 14.0 Å². The Morgan fingerprint density at radius 1 is 1.13 bits per heavy atom. The number of hydrogen-bond donors (Lipinski definition) is 1. The Labute approximate surface area is 178 Å². The first kappa shape index (κ1) is 20.6. The van der Waals surface area contributed by atoms with Crippen molar-refractivity contribution in [1.82, 2.24) is 19.8 Å². The van der Waals surface area contributed by atoms with Crippen molar-refractivity contribution in [2.45, 2.75) is 18.0 Å². The van der Waals surface area contributed by atoms with Gasteiger partial charge in [0.25, 0.3) is 5.56 Å². The average molecular weight is 427 g/mol. The largest absolute Gasteiger partial charge is 0.354 e. The van der Waals surface area contributed by atoms with E-state index in [1.54, 1.807) is 36.4 Å². The average Bonchev–Trinajstić information content (AvgIpc) is 3.26.